The second-order valence-electron chi connectivity index (χ2n) is 4.34. The lowest BCUT2D eigenvalue weighted by Gasteiger charge is -2.22. The number of rotatable bonds is 2. The van der Waals surface area contributed by atoms with Crippen LogP contribution in [0.15, 0.2) is 24.3 Å². The zero-order chi connectivity index (χ0) is 14.7. The molecule has 0 aromatic heterocycles. The Labute approximate surface area is 114 Å². The third kappa shape index (κ3) is 3.32. The smallest absolute Gasteiger partial charge is 0.494 e. The first-order valence-corrected chi connectivity index (χ1v) is 5.77. The minimum atomic E-state index is -1.26. The number of benzene rings is 1. The highest BCUT2D eigenvalue weighted by Crippen LogP contribution is 2.09. The molecule has 0 spiro atoms. The van der Waals surface area contributed by atoms with Crippen LogP contribution in [0.2, 0.25) is 0 Å². The van der Waals surface area contributed by atoms with E-state index in [2.05, 4.69) is 0 Å². The molecular formula is C11H11BN2O6. The van der Waals surface area contributed by atoms with E-state index in [0.29, 0.717) is 0 Å². The zero-order valence-corrected chi connectivity index (χ0v) is 10.6. The minimum absolute atomic E-state index is 0.0550. The van der Waals surface area contributed by atoms with Gasteiger partial charge in [0.2, 0.25) is 0 Å². The highest BCUT2D eigenvalue weighted by Gasteiger charge is 2.34. The summed E-state index contributed by atoms with van der Waals surface area (Å²) >= 11 is 0. The Kier molecular flexibility index (Phi) is 3.99. The minimum Gasteiger partial charge on any atom is -0.494 e. The number of nitro groups is 1. The zero-order valence-electron chi connectivity index (χ0n) is 10.6. The maximum absolute atomic E-state index is 11.6. The van der Waals surface area contributed by atoms with Crippen LogP contribution in [0.25, 0.3) is 0 Å². The molecule has 1 fully saturated rings. The average molecular weight is 278 g/mol. The summed E-state index contributed by atoms with van der Waals surface area (Å²) in [5, 5.41) is 10.7. The van der Waals surface area contributed by atoms with Crippen molar-refractivity contribution in [1.82, 2.24) is 4.90 Å². The quantitative estimate of drug-likeness (QED) is 0.401. The van der Waals surface area contributed by atoms with E-state index in [9.17, 15) is 19.7 Å². The Bertz CT molecular complexity index is 544. The molecule has 20 heavy (non-hydrogen) atoms. The summed E-state index contributed by atoms with van der Waals surface area (Å²) < 4.78 is 10.0. The normalized spacial score (nSPS) is 16.9. The Morgan fingerprint density at radius 2 is 1.85 bits per heavy atom. The van der Waals surface area contributed by atoms with Crippen LogP contribution in [0, 0.1) is 10.1 Å². The molecule has 0 aliphatic carbocycles. The van der Waals surface area contributed by atoms with E-state index in [0.717, 1.165) is 0 Å². The first kappa shape index (κ1) is 14.0. The van der Waals surface area contributed by atoms with Gasteiger partial charge in [-0.2, -0.15) is 0 Å². The Hall–Kier alpha value is -2.42. The molecule has 1 aliphatic heterocycles. The summed E-state index contributed by atoms with van der Waals surface area (Å²) in [6.07, 6.45) is 0. The standard InChI is InChI=1S/C11H11BN2O6/c1-13-6-10(15)19-12(20-11(16)7-13)8-3-2-4-9(5-8)14(17)18/h2-5H,6-7H2,1H3. The number of hydrogen-bond acceptors (Lipinski definition) is 7. The molecule has 0 unspecified atom stereocenters. The predicted molar refractivity (Wildman–Crippen MR) is 68.2 cm³/mol. The number of carbonyl (C=O) groups excluding carboxylic acids is 2. The van der Waals surface area contributed by atoms with Crippen molar-refractivity contribution in [3.63, 3.8) is 0 Å². The molecule has 2 rings (SSSR count). The number of nitrogens with zero attached hydrogens (tertiary/aromatic N) is 2. The van der Waals surface area contributed by atoms with Gasteiger partial charge in [0.05, 0.1) is 18.0 Å². The summed E-state index contributed by atoms with van der Waals surface area (Å²) in [6, 6.07) is 5.42. The molecule has 1 aliphatic rings. The van der Waals surface area contributed by atoms with Crippen molar-refractivity contribution >= 4 is 30.2 Å². The summed E-state index contributed by atoms with van der Waals surface area (Å²) in [6.45, 7) is -0.110. The molecule has 1 heterocycles. The summed E-state index contributed by atoms with van der Waals surface area (Å²) in [4.78, 5) is 34.7. The van der Waals surface area contributed by atoms with Crippen molar-refractivity contribution in [2.24, 2.45) is 0 Å². The third-order valence-electron chi connectivity index (χ3n) is 2.63. The van der Waals surface area contributed by atoms with Crippen molar-refractivity contribution in [3.05, 3.63) is 34.4 Å². The van der Waals surface area contributed by atoms with Crippen LogP contribution in [0.5, 0.6) is 0 Å². The van der Waals surface area contributed by atoms with E-state index in [4.69, 9.17) is 9.31 Å². The summed E-state index contributed by atoms with van der Waals surface area (Å²) in [5.74, 6) is -1.15. The van der Waals surface area contributed by atoms with E-state index in [1.165, 1.54) is 29.2 Å². The number of hydrogen-bond donors (Lipinski definition) is 0. The highest BCUT2D eigenvalue weighted by molar-refractivity contribution is 6.64. The molecule has 104 valence electrons. The first-order valence-electron chi connectivity index (χ1n) is 5.77. The van der Waals surface area contributed by atoms with Gasteiger partial charge in [0.15, 0.2) is 0 Å². The lowest BCUT2D eigenvalue weighted by atomic mass is 9.78. The maximum atomic E-state index is 11.6. The van der Waals surface area contributed by atoms with Gasteiger partial charge in [-0.3, -0.25) is 24.6 Å². The van der Waals surface area contributed by atoms with Crippen LogP contribution in [-0.2, 0) is 18.9 Å². The Morgan fingerprint density at radius 3 is 2.40 bits per heavy atom. The van der Waals surface area contributed by atoms with Crippen LogP contribution in [0.3, 0.4) is 0 Å². The fraction of sp³-hybridized carbons (Fsp3) is 0.273. The van der Waals surface area contributed by atoms with Crippen LogP contribution >= 0.6 is 0 Å². The third-order valence-corrected chi connectivity index (χ3v) is 2.63. The Morgan fingerprint density at radius 1 is 1.25 bits per heavy atom. The van der Waals surface area contributed by atoms with Crippen LogP contribution in [0.4, 0.5) is 5.69 Å². The van der Waals surface area contributed by atoms with E-state index < -0.39 is 24.0 Å². The van der Waals surface area contributed by atoms with Crippen LogP contribution in [-0.4, -0.2) is 49.0 Å². The Balaban J connectivity index is 2.25. The van der Waals surface area contributed by atoms with E-state index in [-0.39, 0.29) is 24.2 Å². The second kappa shape index (κ2) is 5.70. The molecule has 9 heteroatoms. The molecule has 0 bridgehead atoms. The van der Waals surface area contributed by atoms with Gasteiger partial charge in [-0.15, -0.1) is 0 Å². The fourth-order valence-corrected chi connectivity index (χ4v) is 1.76. The van der Waals surface area contributed by atoms with Gasteiger partial charge in [-0.05, 0) is 7.05 Å². The molecule has 1 aromatic rings. The van der Waals surface area contributed by atoms with Gasteiger partial charge >= 0.3 is 19.1 Å². The van der Waals surface area contributed by atoms with Crippen LogP contribution < -0.4 is 5.46 Å². The topological polar surface area (TPSA) is 99.0 Å². The molecule has 1 aromatic carbocycles. The number of nitro benzene ring substituents is 1. The number of non-ortho nitro benzene ring substituents is 1. The summed E-state index contributed by atoms with van der Waals surface area (Å²) in [7, 11) is 0.319. The molecule has 0 saturated carbocycles. The first-order chi connectivity index (χ1) is 9.45. The molecule has 8 nitrogen and oxygen atoms in total. The van der Waals surface area contributed by atoms with Crippen molar-refractivity contribution in [2.75, 3.05) is 20.1 Å². The largest absolute Gasteiger partial charge is 0.636 e. The number of likely N-dealkylation sites (N-methyl/N-ethyl adjacent to an activating group) is 1. The van der Waals surface area contributed by atoms with Crippen molar-refractivity contribution in [3.8, 4) is 0 Å². The molecular weight excluding hydrogens is 267 g/mol. The second-order valence-corrected chi connectivity index (χ2v) is 4.34. The van der Waals surface area contributed by atoms with Crippen molar-refractivity contribution in [2.45, 2.75) is 0 Å². The van der Waals surface area contributed by atoms with Crippen molar-refractivity contribution in [1.29, 1.82) is 0 Å². The molecule has 1 saturated heterocycles. The van der Waals surface area contributed by atoms with Crippen molar-refractivity contribution < 1.29 is 23.8 Å². The molecule has 0 N–H and O–H groups in total. The summed E-state index contributed by atoms with van der Waals surface area (Å²) in [5.41, 5.74) is 0.0687. The van der Waals surface area contributed by atoms with Crippen LogP contribution in [0.1, 0.15) is 0 Å². The lowest BCUT2D eigenvalue weighted by Crippen LogP contribution is -2.47. The molecule has 0 atom stereocenters. The number of carbonyl (C=O) groups is 2. The van der Waals surface area contributed by atoms with Gasteiger partial charge < -0.3 is 9.31 Å². The van der Waals surface area contributed by atoms with Gasteiger partial charge in [-0.1, -0.05) is 12.1 Å². The van der Waals surface area contributed by atoms with Gasteiger partial charge in [0, 0.05) is 17.6 Å². The van der Waals surface area contributed by atoms with Gasteiger partial charge in [0.1, 0.15) is 0 Å². The van der Waals surface area contributed by atoms with Gasteiger partial charge in [-0.25, -0.2) is 0 Å². The highest BCUT2D eigenvalue weighted by atomic mass is 16.6. The fourth-order valence-electron chi connectivity index (χ4n) is 1.76. The van der Waals surface area contributed by atoms with E-state index in [1.54, 1.807) is 7.05 Å². The van der Waals surface area contributed by atoms with E-state index in [1.807, 2.05) is 0 Å². The molecule has 0 radical (unpaired) electrons. The predicted octanol–water partition coefficient (Wildman–Crippen LogP) is -0.678. The monoisotopic (exact) mass is 278 g/mol. The SMILES string of the molecule is CN1CC(=O)OB(c2cccc([N+](=O)[O-])c2)OC(=O)C1. The average Bonchev–Trinajstić information content (AvgIpc) is 2.36. The maximum Gasteiger partial charge on any atom is 0.636 e. The lowest BCUT2D eigenvalue weighted by molar-refractivity contribution is -0.384. The van der Waals surface area contributed by atoms with Gasteiger partial charge in [0.25, 0.3) is 5.69 Å². The molecule has 0 amide bonds. The van der Waals surface area contributed by atoms with E-state index >= 15 is 0 Å².